The van der Waals surface area contributed by atoms with Crippen LogP contribution in [-0.4, -0.2) is 23.5 Å². The van der Waals surface area contributed by atoms with Crippen molar-refractivity contribution in [2.24, 2.45) is 5.92 Å². The SMILES string of the molecule is CO[SiH](CCC1C=CC=C1)OC. The molecule has 0 N–H and O–H groups in total. The molecule has 2 nitrogen and oxygen atoms in total. The van der Waals surface area contributed by atoms with Gasteiger partial charge in [0.1, 0.15) is 0 Å². The normalized spacial score (nSPS) is 16.6. The molecule has 0 amide bonds. The van der Waals surface area contributed by atoms with Crippen molar-refractivity contribution in [1.82, 2.24) is 0 Å². The second-order valence-corrected chi connectivity index (χ2v) is 5.29. The van der Waals surface area contributed by atoms with Crippen molar-refractivity contribution < 1.29 is 8.85 Å². The lowest BCUT2D eigenvalue weighted by atomic mass is 10.1. The van der Waals surface area contributed by atoms with Gasteiger partial charge in [0.15, 0.2) is 0 Å². The van der Waals surface area contributed by atoms with Gasteiger partial charge in [-0.3, -0.25) is 0 Å². The summed E-state index contributed by atoms with van der Waals surface area (Å²) in [6, 6.07) is 1.09. The van der Waals surface area contributed by atoms with Gasteiger partial charge in [-0.2, -0.15) is 0 Å². The molecule has 0 aromatic rings. The predicted octanol–water partition coefficient (Wildman–Crippen LogP) is 1.63. The number of allylic oxidation sites excluding steroid dienone is 4. The van der Waals surface area contributed by atoms with Crippen molar-refractivity contribution in [3.8, 4) is 0 Å². The van der Waals surface area contributed by atoms with Crippen LogP contribution in [0.1, 0.15) is 6.42 Å². The predicted molar refractivity (Wildman–Crippen MR) is 52.4 cm³/mol. The first kappa shape index (κ1) is 9.70. The summed E-state index contributed by atoms with van der Waals surface area (Å²) in [7, 11) is 2.16. The number of hydrogen-bond acceptors (Lipinski definition) is 2. The van der Waals surface area contributed by atoms with Crippen molar-refractivity contribution in [3.05, 3.63) is 24.3 Å². The van der Waals surface area contributed by atoms with E-state index >= 15 is 0 Å². The highest BCUT2D eigenvalue weighted by atomic mass is 28.3. The Morgan fingerprint density at radius 3 is 2.25 bits per heavy atom. The van der Waals surface area contributed by atoms with Gasteiger partial charge in [-0.15, -0.1) is 0 Å². The monoisotopic (exact) mass is 184 g/mol. The molecule has 1 aliphatic rings. The maximum atomic E-state index is 5.23. The third-order valence-electron chi connectivity index (χ3n) is 2.09. The first-order valence-electron chi connectivity index (χ1n) is 4.27. The third kappa shape index (κ3) is 2.93. The molecular formula is C9H16O2Si. The lowest BCUT2D eigenvalue weighted by Crippen LogP contribution is -2.19. The van der Waals surface area contributed by atoms with Crippen LogP contribution in [0.5, 0.6) is 0 Å². The summed E-state index contributed by atoms with van der Waals surface area (Å²) in [5.41, 5.74) is 0. The van der Waals surface area contributed by atoms with Gasteiger partial charge in [-0.25, -0.2) is 0 Å². The Morgan fingerprint density at radius 1 is 1.17 bits per heavy atom. The van der Waals surface area contributed by atoms with Crippen LogP contribution in [0.15, 0.2) is 24.3 Å². The first-order valence-corrected chi connectivity index (χ1v) is 6.03. The fourth-order valence-corrected chi connectivity index (χ4v) is 2.65. The Morgan fingerprint density at radius 2 is 1.75 bits per heavy atom. The van der Waals surface area contributed by atoms with Gasteiger partial charge in [0.05, 0.1) is 0 Å². The molecule has 0 saturated heterocycles. The van der Waals surface area contributed by atoms with Crippen molar-refractivity contribution in [3.63, 3.8) is 0 Å². The fraction of sp³-hybridized carbons (Fsp3) is 0.556. The summed E-state index contributed by atoms with van der Waals surface area (Å²) < 4.78 is 10.5. The van der Waals surface area contributed by atoms with Gasteiger partial charge in [0, 0.05) is 14.2 Å². The molecule has 0 radical (unpaired) electrons. The summed E-state index contributed by atoms with van der Waals surface area (Å²) in [4.78, 5) is 0. The van der Waals surface area contributed by atoms with Crippen molar-refractivity contribution in [2.45, 2.75) is 12.5 Å². The molecule has 0 unspecified atom stereocenters. The van der Waals surface area contributed by atoms with E-state index < -0.39 is 9.28 Å². The van der Waals surface area contributed by atoms with E-state index in [0.29, 0.717) is 5.92 Å². The van der Waals surface area contributed by atoms with Gasteiger partial charge >= 0.3 is 9.28 Å². The molecule has 0 bridgehead atoms. The van der Waals surface area contributed by atoms with Crippen LogP contribution in [0.2, 0.25) is 6.04 Å². The molecule has 0 aromatic carbocycles. The molecular weight excluding hydrogens is 168 g/mol. The Hall–Kier alpha value is -0.383. The van der Waals surface area contributed by atoms with Gasteiger partial charge in [-0.1, -0.05) is 24.3 Å². The first-order chi connectivity index (χ1) is 5.86. The lowest BCUT2D eigenvalue weighted by molar-refractivity contribution is 0.275. The van der Waals surface area contributed by atoms with Crippen LogP contribution in [0.3, 0.4) is 0 Å². The Balaban J connectivity index is 2.15. The molecule has 0 heterocycles. The van der Waals surface area contributed by atoms with E-state index in [1.165, 1.54) is 0 Å². The molecule has 0 aliphatic heterocycles. The van der Waals surface area contributed by atoms with E-state index in [1.54, 1.807) is 14.2 Å². The Kier molecular flexibility index (Phi) is 4.28. The largest absolute Gasteiger partial charge is 0.400 e. The average molecular weight is 184 g/mol. The molecule has 0 fully saturated rings. The number of rotatable bonds is 5. The average Bonchev–Trinajstić information content (AvgIpc) is 2.59. The highest BCUT2D eigenvalue weighted by molar-refractivity contribution is 6.44. The van der Waals surface area contributed by atoms with E-state index in [4.69, 9.17) is 8.85 Å². The Bertz CT molecular complexity index is 161. The van der Waals surface area contributed by atoms with Crippen LogP contribution in [0.4, 0.5) is 0 Å². The zero-order valence-electron chi connectivity index (χ0n) is 7.69. The van der Waals surface area contributed by atoms with E-state index in [0.717, 1.165) is 12.5 Å². The van der Waals surface area contributed by atoms with E-state index in [2.05, 4.69) is 24.3 Å². The molecule has 1 rings (SSSR count). The topological polar surface area (TPSA) is 18.5 Å². The van der Waals surface area contributed by atoms with E-state index in [9.17, 15) is 0 Å². The number of hydrogen-bond donors (Lipinski definition) is 0. The summed E-state index contributed by atoms with van der Waals surface area (Å²) >= 11 is 0. The van der Waals surface area contributed by atoms with Gasteiger partial charge in [0.25, 0.3) is 0 Å². The standard InChI is InChI=1S/C9H16O2Si/c1-10-12(11-2)8-7-9-5-3-4-6-9/h3-6,9,12H,7-8H2,1-2H3. The van der Waals surface area contributed by atoms with Crippen molar-refractivity contribution >= 4 is 9.28 Å². The van der Waals surface area contributed by atoms with Crippen LogP contribution in [-0.2, 0) is 8.85 Å². The van der Waals surface area contributed by atoms with Crippen LogP contribution in [0, 0.1) is 5.92 Å². The molecule has 68 valence electrons. The van der Waals surface area contributed by atoms with Crippen molar-refractivity contribution in [1.29, 1.82) is 0 Å². The third-order valence-corrected chi connectivity index (χ3v) is 3.95. The van der Waals surface area contributed by atoms with Gasteiger partial charge < -0.3 is 8.85 Å². The second-order valence-electron chi connectivity index (χ2n) is 2.91. The fourth-order valence-electron chi connectivity index (χ4n) is 1.33. The molecule has 1 aliphatic carbocycles. The highest BCUT2D eigenvalue weighted by Crippen LogP contribution is 2.16. The van der Waals surface area contributed by atoms with Gasteiger partial charge in [-0.05, 0) is 18.4 Å². The maximum absolute atomic E-state index is 5.23. The maximum Gasteiger partial charge on any atom is 0.320 e. The molecule has 0 saturated carbocycles. The zero-order valence-corrected chi connectivity index (χ0v) is 8.85. The minimum absolute atomic E-state index is 0.616. The zero-order chi connectivity index (χ0) is 8.81. The minimum Gasteiger partial charge on any atom is -0.400 e. The van der Waals surface area contributed by atoms with Crippen LogP contribution < -0.4 is 0 Å². The van der Waals surface area contributed by atoms with Gasteiger partial charge in [0.2, 0.25) is 0 Å². The van der Waals surface area contributed by atoms with Crippen LogP contribution in [0.25, 0.3) is 0 Å². The lowest BCUT2D eigenvalue weighted by Gasteiger charge is -2.11. The molecule has 3 heteroatoms. The van der Waals surface area contributed by atoms with E-state index in [-0.39, 0.29) is 0 Å². The van der Waals surface area contributed by atoms with Crippen molar-refractivity contribution in [2.75, 3.05) is 14.2 Å². The summed E-state index contributed by atoms with van der Waals surface area (Å²) in [6.07, 6.45) is 9.79. The van der Waals surface area contributed by atoms with Crippen LogP contribution >= 0.6 is 0 Å². The molecule has 0 aromatic heterocycles. The summed E-state index contributed by atoms with van der Waals surface area (Å²) in [5, 5.41) is 0. The van der Waals surface area contributed by atoms with E-state index in [1.807, 2.05) is 0 Å². The highest BCUT2D eigenvalue weighted by Gasteiger charge is 2.12. The minimum atomic E-state index is -1.32. The Labute approximate surface area is 75.7 Å². The summed E-state index contributed by atoms with van der Waals surface area (Å²) in [5.74, 6) is 0.616. The molecule has 0 spiro atoms. The molecule has 0 atom stereocenters. The summed E-state index contributed by atoms with van der Waals surface area (Å²) in [6.45, 7) is 0. The second kappa shape index (κ2) is 5.30. The molecule has 12 heavy (non-hydrogen) atoms. The smallest absolute Gasteiger partial charge is 0.320 e. The quantitative estimate of drug-likeness (QED) is 0.605.